The van der Waals surface area contributed by atoms with Crippen molar-refractivity contribution in [2.24, 2.45) is 0 Å². The number of rotatable bonds is 4. The maximum Gasteiger partial charge on any atom is 0.441 e. The van der Waals surface area contributed by atoms with E-state index >= 15 is 0 Å². The molecule has 0 unspecified atom stereocenters. The van der Waals surface area contributed by atoms with Gasteiger partial charge in [0.15, 0.2) is 5.82 Å². The van der Waals surface area contributed by atoms with E-state index < -0.39 is 5.51 Å². The molecule has 0 saturated carbocycles. The lowest BCUT2D eigenvalue weighted by molar-refractivity contribution is -0.0327. The van der Waals surface area contributed by atoms with Crippen LogP contribution in [0.15, 0.2) is 12.3 Å². The molecule has 0 aliphatic rings. The van der Waals surface area contributed by atoms with E-state index in [1.165, 1.54) is 12.3 Å². The van der Waals surface area contributed by atoms with Crippen molar-refractivity contribution < 1.29 is 13.2 Å². The van der Waals surface area contributed by atoms with E-state index in [-0.39, 0.29) is 41.1 Å². The Balaban J connectivity index is 2.51. The maximum absolute atomic E-state index is 11.8. The van der Waals surface area contributed by atoms with E-state index in [1.54, 1.807) is 0 Å². The number of nitrogen functional groups attached to an aromatic ring is 1. The first-order valence-electron chi connectivity index (χ1n) is 4.53. The molecular formula is C9H9F3N4S. The molecule has 0 aliphatic carbocycles. The van der Waals surface area contributed by atoms with Crippen LogP contribution >= 0.6 is 11.8 Å². The third kappa shape index (κ3) is 4.40. The van der Waals surface area contributed by atoms with Crippen molar-refractivity contribution in [2.75, 3.05) is 23.3 Å². The molecule has 3 N–H and O–H groups in total. The molecule has 1 aromatic rings. The molecule has 0 aromatic carbocycles. The van der Waals surface area contributed by atoms with Gasteiger partial charge in [-0.05, 0) is 17.8 Å². The van der Waals surface area contributed by atoms with Gasteiger partial charge in [0.1, 0.15) is 6.07 Å². The molecule has 1 rings (SSSR count). The van der Waals surface area contributed by atoms with Gasteiger partial charge < -0.3 is 11.1 Å². The number of nitrogens with zero attached hydrogens (tertiary/aromatic N) is 2. The first-order chi connectivity index (χ1) is 7.94. The highest BCUT2D eigenvalue weighted by Crippen LogP contribution is 2.29. The van der Waals surface area contributed by atoms with Gasteiger partial charge in [-0.25, -0.2) is 4.98 Å². The second-order valence-electron chi connectivity index (χ2n) is 2.95. The van der Waals surface area contributed by atoms with Crippen LogP contribution in [-0.2, 0) is 0 Å². The lowest BCUT2D eigenvalue weighted by atomic mass is 10.2. The number of anilines is 2. The quantitative estimate of drug-likeness (QED) is 0.814. The first kappa shape index (κ1) is 13.4. The number of nitrogens with one attached hydrogen (secondary N) is 1. The Labute approximate surface area is 100 Å². The minimum atomic E-state index is -4.24. The van der Waals surface area contributed by atoms with Crippen LogP contribution in [0.4, 0.5) is 24.7 Å². The molecule has 0 bridgehead atoms. The van der Waals surface area contributed by atoms with Gasteiger partial charge in [-0.1, -0.05) is 0 Å². The molecular weight excluding hydrogens is 253 g/mol. The summed E-state index contributed by atoms with van der Waals surface area (Å²) in [5, 5.41) is 11.3. The van der Waals surface area contributed by atoms with Crippen LogP contribution in [0.25, 0.3) is 0 Å². The molecule has 92 valence electrons. The standard InChI is InChI=1S/C9H9F3N4S/c10-9(11,12)17-4-3-16-8-7(14)6(5-13)1-2-15-8/h1-2H,3-4,14H2,(H,15,16). The van der Waals surface area contributed by atoms with Gasteiger partial charge in [0, 0.05) is 18.5 Å². The smallest absolute Gasteiger partial charge is 0.395 e. The molecule has 0 saturated heterocycles. The van der Waals surface area contributed by atoms with Crippen LogP contribution in [0.5, 0.6) is 0 Å². The predicted octanol–water partition coefficient (Wildman–Crippen LogP) is 2.20. The lowest BCUT2D eigenvalue weighted by Gasteiger charge is -2.09. The summed E-state index contributed by atoms with van der Waals surface area (Å²) < 4.78 is 35.5. The predicted molar refractivity (Wildman–Crippen MR) is 60.4 cm³/mol. The van der Waals surface area contributed by atoms with Crippen LogP contribution in [0.1, 0.15) is 5.56 Å². The Hall–Kier alpha value is -1.62. The van der Waals surface area contributed by atoms with Crippen LogP contribution < -0.4 is 11.1 Å². The van der Waals surface area contributed by atoms with E-state index in [0.29, 0.717) is 0 Å². The molecule has 1 aromatic heterocycles. The highest BCUT2D eigenvalue weighted by Gasteiger charge is 2.27. The number of alkyl halides is 3. The molecule has 8 heteroatoms. The third-order valence-corrected chi connectivity index (χ3v) is 2.51. The largest absolute Gasteiger partial charge is 0.441 e. The number of nitriles is 1. The Morgan fingerprint density at radius 2 is 2.24 bits per heavy atom. The van der Waals surface area contributed by atoms with E-state index in [4.69, 9.17) is 11.0 Å². The average Bonchev–Trinajstić information content (AvgIpc) is 2.25. The van der Waals surface area contributed by atoms with Crippen LogP contribution in [0, 0.1) is 11.3 Å². The van der Waals surface area contributed by atoms with E-state index in [0.717, 1.165) is 0 Å². The zero-order chi connectivity index (χ0) is 12.9. The van der Waals surface area contributed by atoms with Crippen LogP contribution in [-0.4, -0.2) is 22.8 Å². The molecule has 0 aliphatic heterocycles. The van der Waals surface area contributed by atoms with Gasteiger partial charge in [-0.15, -0.1) is 0 Å². The zero-order valence-electron chi connectivity index (χ0n) is 8.58. The van der Waals surface area contributed by atoms with Crippen molar-refractivity contribution in [2.45, 2.75) is 5.51 Å². The SMILES string of the molecule is N#Cc1ccnc(NCCSC(F)(F)F)c1N. The fraction of sp³-hybridized carbons (Fsp3) is 0.333. The van der Waals surface area contributed by atoms with Crippen molar-refractivity contribution in [3.63, 3.8) is 0 Å². The van der Waals surface area contributed by atoms with E-state index in [9.17, 15) is 13.2 Å². The number of aromatic nitrogens is 1. The molecule has 0 amide bonds. The third-order valence-electron chi connectivity index (χ3n) is 1.77. The molecule has 0 spiro atoms. The molecule has 1 heterocycles. The summed E-state index contributed by atoms with van der Waals surface area (Å²) in [4.78, 5) is 3.84. The van der Waals surface area contributed by atoms with Gasteiger partial charge in [0.25, 0.3) is 0 Å². The Bertz CT molecular complexity index is 427. The molecule has 0 atom stereocenters. The van der Waals surface area contributed by atoms with Gasteiger partial charge in [0.2, 0.25) is 0 Å². The Morgan fingerprint density at radius 1 is 1.53 bits per heavy atom. The Kier molecular flexibility index (Phi) is 4.45. The summed E-state index contributed by atoms with van der Waals surface area (Å²) in [6, 6.07) is 3.30. The summed E-state index contributed by atoms with van der Waals surface area (Å²) in [7, 11) is 0. The second-order valence-corrected chi connectivity index (χ2v) is 4.11. The average molecular weight is 262 g/mol. The van der Waals surface area contributed by atoms with Gasteiger partial charge in [0.05, 0.1) is 11.3 Å². The van der Waals surface area contributed by atoms with Crippen LogP contribution in [0.3, 0.4) is 0 Å². The number of pyridine rings is 1. The minimum absolute atomic E-state index is 0.0657. The first-order valence-corrected chi connectivity index (χ1v) is 5.51. The topological polar surface area (TPSA) is 74.7 Å². The number of halogens is 3. The number of hydrogen-bond acceptors (Lipinski definition) is 5. The highest BCUT2D eigenvalue weighted by molar-refractivity contribution is 8.00. The van der Waals surface area contributed by atoms with Crippen molar-refractivity contribution in [1.82, 2.24) is 4.98 Å². The van der Waals surface area contributed by atoms with Gasteiger partial charge in [-0.3, -0.25) is 0 Å². The summed E-state index contributed by atoms with van der Waals surface area (Å²) in [5.74, 6) is 0.0772. The summed E-state index contributed by atoms with van der Waals surface area (Å²) >= 11 is -0.127. The number of nitrogens with two attached hydrogens (primary N) is 1. The summed E-state index contributed by atoms with van der Waals surface area (Å²) in [6.45, 7) is 0.0657. The highest BCUT2D eigenvalue weighted by atomic mass is 32.2. The van der Waals surface area contributed by atoms with Gasteiger partial charge in [-0.2, -0.15) is 18.4 Å². The van der Waals surface area contributed by atoms with Crippen molar-refractivity contribution >= 4 is 23.3 Å². The maximum atomic E-state index is 11.8. The second kappa shape index (κ2) is 5.63. The van der Waals surface area contributed by atoms with E-state index in [2.05, 4.69) is 10.3 Å². The van der Waals surface area contributed by atoms with Gasteiger partial charge >= 0.3 is 5.51 Å². The molecule has 0 radical (unpaired) electrons. The normalized spacial score (nSPS) is 10.9. The Morgan fingerprint density at radius 3 is 2.82 bits per heavy atom. The van der Waals surface area contributed by atoms with Crippen molar-refractivity contribution in [1.29, 1.82) is 5.26 Å². The molecule has 17 heavy (non-hydrogen) atoms. The number of hydrogen-bond donors (Lipinski definition) is 2. The lowest BCUT2D eigenvalue weighted by Crippen LogP contribution is -2.12. The summed E-state index contributed by atoms with van der Waals surface area (Å²) in [6.07, 6.45) is 1.37. The monoisotopic (exact) mass is 262 g/mol. The number of thioether (sulfide) groups is 1. The van der Waals surface area contributed by atoms with Crippen molar-refractivity contribution in [3.05, 3.63) is 17.8 Å². The molecule has 0 fully saturated rings. The minimum Gasteiger partial charge on any atom is -0.395 e. The fourth-order valence-corrected chi connectivity index (χ4v) is 1.48. The zero-order valence-corrected chi connectivity index (χ0v) is 9.40. The summed E-state index contributed by atoms with van der Waals surface area (Å²) in [5.41, 5.74) is 1.73. The molecule has 4 nitrogen and oxygen atoms in total. The van der Waals surface area contributed by atoms with E-state index in [1.807, 2.05) is 6.07 Å². The van der Waals surface area contributed by atoms with Crippen molar-refractivity contribution in [3.8, 4) is 6.07 Å². The van der Waals surface area contributed by atoms with Crippen LogP contribution in [0.2, 0.25) is 0 Å². The fourth-order valence-electron chi connectivity index (χ4n) is 1.05.